The molecule has 0 aromatic carbocycles. The Balaban J connectivity index is 5.15. The summed E-state index contributed by atoms with van der Waals surface area (Å²) in [6.45, 7) is 14.2. The SMILES string of the molecule is CCC(C)CCCCCCCCC(=O)OC[C@H](COP(=O)(O)OC[C@H](O)COP(=O)(O)OC[C@@H](COC(=O)CCCCCCCCCCCCCCCCCCCCC(C)C)OC(=O)CCCCCCCCCCC(C)C)OC(=O)CCCCCCCCCCCCCCCCCCC(C)C. The Bertz CT molecular complexity index is 1970. The number of unbranched alkanes of at least 4 members (excludes halogenated alkanes) is 44. The summed E-state index contributed by atoms with van der Waals surface area (Å²) in [6, 6.07) is 0. The van der Waals surface area contributed by atoms with E-state index in [9.17, 15) is 43.2 Å². The molecule has 0 saturated heterocycles. The Kier molecular flexibility index (Phi) is 69.6. The van der Waals surface area contributed by atoms with Crippen molar-refractivity contribution in [3.8, 4) is 0 Å². The third kappa shape index (κ3) is 74.7. The van der Waals surface area contributed by atoms with Gasteiger partial charge < -0.3 is 33.8 Å². The van der Waals surface area contributed by atoms with E-state index in [0.29, 0.717) is 31.6 Å². The van der Waals surface area contributed by atoms with Gasteiger partial charge in [0.2, 0.25) is 0 Å². The molecular weight excluding hydrogens is 1320 g/mol. The van der Waals surface area contributed by atoms with Gasteiger partial charge in [-0.3, -0.25) is 37.3 Å². The highest BCUT2D eigenvalue weighted by Gasteiger charge is 2.30. The lowest BCUT2D eigenvalue weighted by atomic mass is 10.00. The van der Waals surface area contributed by atoms with Crippen LogP contribution in [0.2, 0.25) is 0 Å². The molecule has 0 bridgehead atoms. The average Bonchev–Trinajstić information content (AvgIpc) is 1.19. The number of esters is 4. The predicted molar refractivity (Wildman–Crippen MR) is 414 cm³/mol. The van der Waals surface area contributed by atoms with E-state index < -0.39 is 97.5 Å². The van der Waals surface area contributed by atoms with E-state index in [1.807, 2.05) is 0 Å². The first-order chi connectivity index (χ1) is 48.6. The lowest BCUT2D eigenvalue weighted by molar-refractivity contribution is -0.161. The second kappa shape index (κ2) is 71.0. The molecular formula is C82H160O17P2. The molecule has 0 aliphatic heterocycles. The van der Waals surface area contributed by atoms with Crippen LogP contribution >= 0.6 is 15.6 Å². The van der Waals surface area contributed by atoms with Crippen LogP contribution in [0.25, 0.3) is 0 Å². The molecule has 0 saturated carbocycles. The highest BCUT2D eigenvalue weighted by Crippen LogP contribution is 2.45. The van der Waals surface area contributed by atoms with Crippen LogP contribution in [0.3, 0.4) is 0 Å². The fourth-order valence-corrected chi connectivity index (χ4v) is 14.2. The van der Waals surface area contributed by atoms with E-state index in [1.54, 1.807) is 0 Å². The molecule has 600 valence electrons. The maximum absolute atomic E-state index is 13.1. The van der Waals surface area contributed by atoms with E-state index >= 15 is 0 Å². The van der Waals surface area contributed by atoms with Gasteiger partial charge in [-0.25, -0.2) is 9.13 Å². The highest BCUT2D eigenvalue weighted by molar-refractivity contribution is 7.47. The summed E-state index contributed by atoms with van der Waals surface area (Å²) in [5.41, 5.74) is 0. The number of hydrogen-bond acceptors (Lipinski definition) is 15. The van der Waals surface area contributed by atoms with Gasteiger partial charge in [0.25, 0.3) is 0 Å². The fraction of sp³-hybridized carbons (Fsp3) is 0.951. The lowest BCUT2D eigenvalue weighted by Crippen LogP contribution is -2.30. The first-order valence-electron chi connectivity index (χ1n) is 42.2. The van der Waals surface area contributed by atoms with E-state index in [4.69, 9.17) is 37.0 Å². The molecule has 3 N–H and O–H groups in total. The van der Waals surface area contributed by atoms with Crippen LogP contribution in [0.5, 0.6) is 0 Å². The largest absolute Gasteiger partial charge is 0.472 e. The standard InChI is InChI=1S/C82H160O17P2/c1-9-75(8)61-53-45-40-41-47-55-63-80(85)93-69-78(98-81(86)64-56-48-38-31-27-23-19-15-14-17-21-25-29-35-43-51-59-73(4)5)71-97-101(90,91)95-67-76(83)66-94-100(88,89)96-70-77(99-82(87)65-57-49-39-33-32-36-44-52-60-74(6)7)68-92-79(84)62-54-46-37-30-26-22-18-13-11-10-12-16-20-24-28-34-42-50-58-72(2)3/h72-78,83H,9-71H2,1-8H3,(H,88,89)(H,90,91)/t75?,76-,77-,78-/m1/s1. The van der Waals surface area contributed by atoms with Gasteiger partial charge in [0.1, 0.15) is 19.3 Å². The number of phosphoric ester groups is 2. The zero-order valence-electron chi connectivity index (χ0n) is 66.5. The Morgan fingerprint density at radius 1 is 0.277 bits per heavy atom. The zero-order valence-corrected chi connectivity index (χ0v) is 68.3. The van der Waals surface area contributed by atoms with Gasteiger partial charge in [-0.2, -0.15) is 0 Å². The predicted octanol–water partition coefficient (Wildman–Crippen LogP) is 24.4. The minimum Gasteiger partial charge on any atom is -0.462 e. The lowest BCUT2D eigenvalue weighted by Gasteiger charge is -2.21. The van der Waals surface area contributed by atoms with Crippen molar-refractivity contribution in [2.45, 2.75) is 440 Å². The number of ether oxygens (including phenoxy) is 4. The molecule has 0 fully saturated rings. The van der Waals surface area contributed by atoms with Crippen LogP contribution in [0.4, 0.5) is 0 Å². The molecule has 3 unspecified atom stereocenters. The minimum absolute atomic E-state index is 0.105. The number of aliphatic hydroxyl groups is 1. The molecule has 19 heteroatoms. The number of rotatable bonds is 79. The van der Waals surface area contributed by atoms with Gasteiger partial charge in [0, 0.05) is 25.7 Å². The van der Waals surface area contributed by atoms with Crippen LogP contribution in [0.15, 0.2) is 0 Å². The van der Waals surface area contributed by atoms with Crippen molar-refractivity contribution in [2.24, 2.45) is 23.7 Å². The van der Waals surface area contributed by atoms with Crippen LogP contribution in [0.1, 0.15) is 421 Å². The summed E-state index contributed by atoms with van der Waals surface area (Å²) in [6.07, 6.45) is 58.5. The van der Waals surface area contributed by atoms with Crippen LogP contribution in [-0.2, 0) is 65.4 Å². The van der Waals surface area contributed by atoms with Crippen molar-refractivity contribution in [3.05, 3.63) is 0 Å². The Labute approximate surface area is 619 Å². The molecule has 0 aliphatic carbocycles. The van der Waals surface area contributed by atoms with Gasteiger partial charge in [-0.1, -0.05) is 370 Å². The van der Waals surface area contributed by atoms with Crippen molar-refractivity contribution in [2.75, 3.05) is 39.6 Å². The van der Waals surface area contributed by atoms with E-state index in [0.717, 1.165) is 114 Å². The van der Waals surface area contributed by atoms with E-state index in [2.05, 4.69) is 55.4 Å². The number of carbonyl (C=O) groups excluding carboxylic acids is 4. The minimum atomic E-state index is -4.96. The van der Waals surface area contributed by atoms with E-state index in [1.165, 1.54) is 218 Å². The van der Waals surface area contributed by atoms with Crippen molar-refractivity contribution in [3.63, 3.8) is 0 Å². The molecule has 0 aromatic heterocycles. The van der Waals surface area contributed by atoms with Gasteiger partial charge in [0.05, 0.1) is 26.4 Å². The van der Waals surface area contributed by atoms with Crippen LogP contribution < -0.4 is 0 Å². The molecule has 0 rings (SSSR count). The monoisotopic (exact) mass is 1480 g/mol. The fourth-order valence-electron chi connectivity index (χ4n) is 12.6. The van der Waals surface area contributed by atoms with Crippen LogP contribution in [-0.4, -0.2) is 96.7 Å². The number of carbonyl (C=O) groups is 4. The van der Waals surface area contributed by atoms with Crippen LogP contribution in [0, 0.1) is 23.7 Å². The molecule has 0 aromatic rings. The molecule has 0 spiro atoms. The summed E-state index contributed by atoms with van der Waals surface area (Å²) in [5.74, 6) is 0.965. The second-order valence-corrected chi connectivity index (χ2v) is 34.1. The number of phosphoric acid groups is 2. The van der Waals surface area contributed by atoms with E-state index in [-0.39, 0.29) is 25.7 Å². The summed E-state index contributed by atoms with van der Waals surface area (Å²) in [7, 11) is -9.92. The normalized spacial score (nSPS) is 14.3. The summed E-state index contributed by atoms with van der Waals surface area (Å²) in [4.78, 5) is 73.0. The van der Waals surface area contributed by atoms with Crippen molar-refractivity contribution >= 4 is 39.5 Å². The molecule has 0 amide bonds. The van der Waals surface area contributed by atoms with Crippen molar-refractivity contribution in [1.82, 2.24) is 0 Å². The maximum atomic E-state index is 13.1. The van der Waals surface area contributed by atoms with Crippen molar-refractivity contribution < 1.29 is 80.2 Å². The first-order valence-corrected chi connectivity index (χ1v) is 45.2. The topological polar surface area (TPSA) is 237 Å². The highest BCUT2D eigenvalue weighted by atomic mass is 31.2. The number of aliphatic hydroxyl groups excluding tert-OH is 1. The zero-order chi connectivity index (χ0) is 74.6. The smallest absolute Gasteiger partial charge is 0.462 e. The Morgan fingerprint density at radius 3 is 0.703 bits per heavy atom. The first kappa shape index (κ1) is 99.1. The molecule has 101 heavy (non-hydrogen) atoms. The Hall–Kier alpha value is -1.94. The summed E-state index contributed by atoms with van der Waals surface area (Å²) >= 11 is 0. The van der Waals surface area contributed by atoms with Crippen molar-refractivity contribution in [1.29, 1.82) is 0 Å². The molecule has 0 aliphatic rings. The average molecular weight is 1480 g/mol. The van der Waals surface area contributed by atoms with Gasteiger partial charge in [-0.15, -0.1) is 0 Å². The number of hydrogen-bond donors (Lipinski definition) is 3. The molecule has 0 heterocycles. The maximum Gasteiger partial charge on any atom is 0.472 e. The summed E-state index contributed by atoms with van der Waals surface area (Å²) < 4.78 is 68.7. The molecule has 0 radical (unpaired) electrons. The quantitative estimate of drug-likeness (QED) is 0.0222. The summed E-state index contributed by atoms with van der Waals surface area (Å²) in [5, 5.41) is 10.6. The van der Waals surface area contributed by atoms with Gasteiger partial charge >= 0.3 is 39.5 Å². The van der Waals surface area contributed by atoms with Gasteiger partial charge in [-0.05, 0) is 49.4 Å². The molecule has 17 nitrogen and oxygen atoms in total. The third-order valence-electron chi connectivity index (χ3n) is 19.4. The molecule has 6 atom stereocenters. The second-order valence-electron chi connectivity index (χ2n) is 31.2. The van der Waals surface area contributed by atoms with Gasteiger partial charge in [0.15, 0.2) is 12.2 Å². The third-order valence-corrected chi connectivity index (χ3v) is 21.3. The Morgan fingerprint density at radius 2 is 0.475 bits per heavy atom.